The Morgan fingerprint density at radius 2 is 2.33 bits per heavy atom. The van der Waals surface area contributed by atoms with E-state index in [1.807, 2.05) is 0 Å². The Hall–Kier alpha value is -0.940. The Kier molecular flexibility index (Phi) is 3.61. The molecule has 0 amide bonds. The summed E-state index contributed by atoms with van der Waals surface area (Å²) in [7, 11) is 0. The molecule has 5 nitrogen and oxygen atoms in total. The van der Waals surface area contributed by atoms with Crippen LogP contribution in [-0.4, -0.2) is 47.8 Å². The fourth-order valence-electron chi connectivity index (χ4n) is 3.00. The van der Waals surface area contributed by atoms with Crippen LogP contribution in [0.15, 0.2) is 4.52 Å². The van der Waals surface area contributed by atoms with Gasteiger partial charge >= 0.3 is 0 Å². The number of piperidine rings is 1. The van der Waals surface area contributed by atoms with Crippen molar-refractivity contribution in [3.8, 4) is 0 Å². The molecule has 2 aliphatic heterocycles. The maximum absolute atomic E-state index is 5.45. The zero-order valence-corrected chi connectivity index (χ0v) is 11.1. The van der Waals surface area contributed by atoms with Crippen LogP contribution in [0.1, 0.15) is 49.7 Å². The van der Waals surface area contributed by atoms with Gasteiger partial charge in [0, 0.05) is 19.0 Å². The zero-order valence-electron chi connectivity index (χ0n) is 11.1. The monoisotopic (exact) mass is 250 g/mol. The van der Waals surface area contributed by atoms with Crippen molar-refractivity contribution in [2.75, 3.05) is 32.7 Å². The third kappa shape index (κ3) is 2.42. The Morgan fingerprint density at radius 3 is 3.11 bits per heavy atom. The van der Waals surface area contributed by atoms with E-state index < -0.39 is 0 Å². The number of aromatic nitrogens is 2. The SMILES string of the molecule is CCN1CCCC(c2noc(C3CCNC3)n2)C1. The molecule has 2 unspecified atom stereocenters. The number of hydrogen-bond acceptors (Lipinski definition) is 5. The first-order chi connectivity index (χ1) is 8.86. The van der Waals surface area contributed by atoms with Crippen LogP contribution < -0.4 is 5.32 Å². The molecule has 0 saturated carbocycles. The first kappa shape index (κ1) is 12.1. The Bertz CT molecular complexity index is 386. The lowest BCUT2D eigenvalue weighted by Crippen LogP contribution is -2.34. The Balaban J connectivity index is 1.68. The molecule has 2 saturated heterocycles. The second-order valence-corrected chi connectivity index (χ2v) is 5.41. The lowest BCUT2D eigenvalue weighted by molar-refractivity contribution is 0.211. The number of hydrogen-bond donors (Lipinski definition) is 1. The van der Waals surface area contributed by atoms with Crippen LogP contribution in [0.25, 0.3) is 0 Å². The van der Waals surface area contributed by atoms with Crippen LogP contribution >= 0.6 is 0 Å². The van der Waals surface area contributed by atoms with E-state index in [9.17, 15) is 0 Å². The van der Waals surface area contributed by atoms with E-state index >= 15 is 0 Å². The molecule has 3 heterocycles. The molecular weight excluding hydrogens is 228 g/mol. The third-order valence-electron chi connectivity index (χ3n) is 4.18. The highest BCUT2D eigenvalue weighted by Crippen LogP contribution is 2.27. The summed E-state index contributed by atoms with van der Waals surface area (Å²) >= 11 is 0. The van der Waals surface area contributed by atoms with Gasteiger partial charge in [0.2, 0.25) is 5.89 Å². The molecule has 1 N–H and O–H groups in total. The molecule has 0 bridgehead atoms. The van der Waals surface area contributed by atoms with Crippen LogP contribution in [0.5, 0.6) is 0 Å². The van der Waals surface area contributed by atoms with E-state index in [4.69, 9.17) is 4.52 Å². The van der Waals surface area contributed by atoms with Gasteiger partial charge < -0.3 is 14.7 Å². The summed E-state index contributed by atoms with van der Waals surface area (Å²) in [5.74, 6) is 2.65. The predicted molar refractivity (Wildman–Crippen MR) is 68.6 cm³/mol. The molecular formula is C13H22N4O. The summed E-state index contributed by atoms with van der Waals surface area (Å²) in [5, 5.41) is 7.55. The summed E-state index contributed by atoms with van der Waals surface area (Å²) in [4.78, 5) is 7.11. The van der Waals surface area contributed by atoms with Gasteiger partial charge in [0.1, 0.15) is 0 Å². The van der Waals surface area contributed by atoms with Gasteiger partial charge in [0.05, 0.1) is 5.92 Å². The summed E-state index contributed by atoms with van der Waals surface area (Å²) < 4.78 is 5.45. The minimum Gasteiger partial charge on any atom is -0.339 e. The second kappa shape index (κ2) is 5.36. The molecule has 0 aliphatic carbocycles. The van der Waals surface area contributed by atoms with Gasteiger partial charge in [-0.15, -0.1) is 0 Å². The number of nitrogens with one attached hydrogen (secondary N) is 1. The molecule has 2 atom stereocenters. The Labute approximate surface area is 108 Å². The van der Waals surface area contributed by atoms with Crippen molar-refractivity contribution in [2.24, 2.45) is 0 Å². The Morgan fingerprint density at radius 1 is 1.39 bits per heavy atom. The van der Waals surface area contributed by atoms with Crippen LogP contribution in [0.4, 0.5) is 0 Å². The number of likely N-dealkylation sites (N-methyl/N-ethyl adjacent to an activating group) is 1. The zero-order chi connectivity index (χ0) is 12.4. The van der Waals surface area contributed by atoms with Crippen LogP contribution in [0.2, 0.25) is 0 Å². The predicted octanol–water partition coefficient (Wildman–Crippen LogP) is 1.35. The first-order valence-electron chi connectivity index (χ1n) is 7.13. The average molecular weight is 250 g/mol. The molecule has 0 aromatic carbocycles. The molecule has 0 radical (unpaired) electrons. The lowest BCUT2D eigenvalue weighted by Gasteiger charge is -2.29. The molecule has 2 aliphatic rings. The summed E-state index contributed by atoms with van der Waals surface area (Å²) in [6, 6.07) is 0. The van der Waals surface area contributed by atoms with Crippen molar-refractivity contribution in [3.63, 3.8) is 0 Å². The first-order valence-corrected chi connectivity index (χ1v) is 7.13. The van der Waals surface area contributed by atoms with E-state index in [1.165, 1.54) is 19.4 Å². The molecule has 18 heavy (non-hydrogen) atoms. The molecule has 3 rings (SSSR count). The van der Waals surface area contributed by atoms with Crippen molar-refractivity contribution < 1.29 is 4.52 Å². The average Bonchev–Trinajstić information content (AvgIpc) is 3.09. The van der Waals surface area contributed by atoms with Crippen molar-refractivity contribution in [2.45, 2.75) is 38.0 Å². The molecule has 1 aromatic rings. The third-order valence-corrected chi connectivity index (χ3v) is 4.18. The van der Waals surface area contributed by atoms with Crippen molar-refractivity contribution in [1.29, 1.82) is 0 Å². The second-order valence-electron chi connectivity index (χ2n) is 5.41. The minimum atomic E-state index is 0.428. The fraction of sp³-hybridized carbons (Fsp3) is 0.846. The van der Waals surface area contributed by atoms with Gasteiger partial charge in [-0.2, -0.15) is 4.98 Å². The standard InChI is InChI=1S/C13H22N4O/c1-2-17-7-3-4-11(9-17)12-15-13(18-16-12)10-5-6-14-8-10/h10-11,14H,2-9H2,1H3. The molecule has 2 fully saturated rings. The molecule has 0 spiro atoms. The van der Waals surface area contributed by atoms with Gasteiger partial charge in [0.15, 0.2) is 5.82 Å². The van der Waals surface area contributed by atoms with Crippen molar-refractivity contribution in [3.05, 3.63) is 11.7 Å². The molecule has 1 aromatic heterocycles. The maximum atomic E-state index is 5.45. The van der Waals surface area contributed by atoms with E-state index in [1.54, 1.807) is 0 Å². The number of nitrogens with zero attached hydrogens (tertiary/aromatic N) is 3. The smallest absolute Gasteiger partial charge is 0.231 e. The van der Waals surface area contributed by atoms with E-state index in [0.29, 0.717) is 11.8 Å². The highest BCUT2D eigenvalue weighted by molar-refractivity contribution is 5.03. The van der Waals surface area contributed by atoms with Crippen LogP contribution in [-0.2, 0) is 0 Å². The van der Waals surface area contributed by atoms with E-state index in [-0.39, 0.29) is 0 Å². The van der Waals surface area contributed by atoms with E-state index in [0.717, 1.165) is 44.3 Å². The van der Waals surface area contributed by atoms with Gasteiger partial charge in [0.25, 0.3) is 0 Å². The van der Waals surface area contributed by atoms with Gasteiger partial charge in [-0.1, -0.05) is 12.1 Å². The summed E-state index contributed by atoms with van der Waals surface area (Å²) in [6.45, 7) is 7.67. The van der Waals surface area contributed by atoms with Crippen molar-refractivity contribution in [1.82, 2.24) is 20.4 Å². The largest absolute Gasteiger partial charge is 0.339 e. The highest BCUT2D eigenvalue weighted by Gasteiger charge is 2.27. The van der Waals surface area contributed by atoms with Gasteiger partial charge in [-0.05, 0) is 38.9 Å². The van der Waals surface area contributed by atoms with Gasteiger partial charge in [-0.25, -0.2) is 0 Å². The topological polar surface area (TPSA) is 54.2 Å². The fourth-order valence-corrected chi connectivity index (χ4v) is 3.00. The molecule has 5 heteroatoms. The number of rotatable bonds is 3. The normalized spacial score (nSPS) is 29.8. The highest BCUT2D eigenvalue weighted by atomic mass is 16.5. The minimum absolute atomic E-state index is 0.428. The lowest BCUT2D eigenvalue weighted by atomic mass is 9.97. The quantitative estimate of drug-likeness (QED) is 0.877. The summed E-state index contributed by atoms with van der Waals surface area (Å²) in [6.07, 6.45) is 3.55. The summed E-state index contributed by atoms with van der Waals surface area (Å²) in [5.41, 5.74) is 0. The van der Waals surface area contributed by atoms with Crippen molar-refractivity contribution >= 4 is 0 Å². The number of likely N-dealkylation sites (tertiary alicyclic amines) is 1. The molecule has 100 valence electrons. The van der Waals surface area contributed by atoms with Crippen LogP contribution in [0, 0.1) is 0 Å². The van der Waals surface area contributed by atoms with Crippen LogP contribution in [0.3, 0.4) is 0 Å². The van der Waals surface area contributed by atoms with E-state index in [2.05, 4.69) is 27.3 Å². The van der Waals surface area contributed by atoms with Gasteiger partial charge in [-0.3, -0.25) is 0 Å². The maximum Gasteiger partial charge on any atom is 0.231 e.